The molecule has 0 spiro atoms. The van der Waals surface area contributed by atoms with Gasteiger partial charge in [0, 0.05) is 6.07 Å². The van der Waals surface area contributed by atoms with Crippen molar-refractivity contribution >= 4 is 23.2 Å². The average Bonchev–Trinajstić information content (AvgIpc) is 2.80. The third-order valence-corrected chi connectivity index (χ3v) is 3.03. The minimum absolute atomic E-state index is 0.00403. The first kappa shape index (κ1) is 12.4. The van der Waals surface area contributed by atoms with Crippen LogP contribution in [0.4, 0.5) is 23.4 Å². The molecule has 0 N–H and O–H groups in total. The summed E-state index contributed by atoms with van der Waals surface area (Å²) < 4.78 is 53.9. The molecule has 0 atom stereocenters. The quantitative estimate of drug-likeness (QED) is 0.595. The van der Waals surface area contributed by atoms with Crippen LogP contribution in [0.15, 0.2) is 12.4 Å². The highest BCUT2D eigenvalue weighted by Crippen LogP contribution is 2.42. The summed E-state index contributed by atoms with van der Waals surface area (Å²) >= 11 is 5.71. The van der Waals surface area contributed by atoms with E-state index in [4.69, 9.17) is 11.6 Å². The van der Waals surface area contributed by atoms with Crippen molar-refractivity contribution in [3.8, 4) is 0 Å². The summed E-state index contributed by atoms with van der Waals surface area (Å²) in [6.45, 7) is -2.23. The zero-order chi connectivity index (χ0) is 13.8. The second kappa shape index (κ2) is 3.69. The Balaban J connectivity index is 2.09. The molecule has 1 saturated heterocycles. The number of rotatable bonds is 1. The van der Waals surface area contributed by atoms with Crippen LogP contribution in [-0.2, 0) is 0 Å². The fourth-order valence-corrected chi connectivity index (χ4v) is 2.10. The molecule has 1 fully saturated rings. The van der Waals surface area contributed by atoms with Gasteiger partial charge in [0.05, 0.1) is 13.1 Å². The summed E-state index contributed by atoms with van der Waals surface area (Å²) in [7, 11) is 0. The Morgan fingerprint density at radius 3 is 2.42 bits per heavy atom. The van der Waals surface area contributed by atoms with E-state index in [2.05, 4.69) is 15.1 Å². The molecule has 10 heteroatoms. The normalized spacial score (nSPS) is 21.2. The first-order valence-electron chi connectivity index (χ1n) is 5.17. The Morgan fingerprint density at radius 1 is 1.16 bits per heavy atom. The van der Waals surface area contributed by atoms with Crippen LogP contribution in [0.3, 0.4) is 0 Å². The Bertz CT molecular complexity index is 627. The molecule has 0 amide bonds. The Hall–Kier alpha value is -1.64. The maximum atomic E-state index is 13.2. The zero-order valence-corrected chi connectivity index (χ0v) is 9.95. The molecule has 0 radical (unpaired) electrons. The number of hydrogen-bond donors (Lipinski definition) is 0. The van der Waals surface area contributed by atoms with E-state index in [1.54, 1.807) is 0 Å². The highest BCUT2D eigenvalue weighted by atomic mass is 35.5. The summed E-state index contributed by atoms with van der Waals surface area (Å²) in [6.07, 6.45) is 1.13. The first-order chi connectivity index (χ1) is 8.80. The molecule has 0 aromatic carbocycles. The number of nitrogens with zero attached hydrogens (tertiary/aromatic N) is 5. The highest BCUT2D eigenvalue weighted by molar-refractivity contribution is 6.29. The van der Waals surface area contributed by atoms with Crippen molar-refractivity contribution in [1.29, 1.82) is 0 Å². The summed E-state index contributed by atoms with van der Waals surface area (Å²) in [6, 6.07) is 1.20. The van der Waals surface area contributed by atoms with E-state index < -0.39 is 24.9 Å². The predicted octanol–water partition coefficient (Wildman–Crippen LogP) is 1.87. The number of halogens is 5. The number of fused-ring (bicyclic) bond motifs is 1. The lowest BCUT2D eigenvalue weighted by molar-refractivity contribution is -0.172. The van der Waals surface area contributed by atoms with Crippen molar-refractivity contribution in [3.05, 3.63) is 17.5 Å². The Kier molecular flexibility index (Phi) is 2.40. The van der Waals surface area contributed by atoms with Crippen LogP contribution in [0, 0.1) is 0 Å². The van der Waals surface area contributed by atoms with Gasteiger partial charge >= 0.3 is 11.8 Å². The third-order valence-electron chi connectivity index (χ3n) is 2.84. The summed E-state index contributed by atoms with van der Waals surface area (Å²) in [5.74, 6) is -8.14. The van der Waals surface area contributed by atoms with Gasteiger partial charge in [0.1, 0.15) is 17.3 Å². The summed E-state index contributed by atoms with van der Waals surface area (Å²) in [4.78, 5) is 8.35. The minimum atomic E-state index is -4.10. The Labute approximate surface area is 108 Å². The molecule has 0 unspecified atom stereocenters. The van der Waals surface area contributed by atoms with E-state index in [0.717, 1.165) is 15.7 Å². The van der Waals surface area contributed by atoms with Gasteiger partial charge < -0.3 is 4.90 Å². The molecule has 0 bridgehead atoms. The van der Waals surface area contributed by atoms with Crippen LogP contribution in [0.25, 0.3) is 5.78 Å². The highest BCUT2D eigenvalue weighted by Gasteiger charge is 2.63. The van der Waals surface area contributed by atoms with Crippen molar-refractivity contribution in [2.45, 2.75) is 11.8 Å². The van der Waals surface area contributed by atoms with E-state index >= 15 is 0 Å². The maximum Gasteiger partial charge on any atom is 0.329 e. The standard InChI is InChI=1S/C9H6ClF4N5/c10-5-1-6(19-7(17-5)15-4-16-19)18-2-8(11,12)9(13,14)3-18/h1,4H,2-3H2. The van der Waals surface area contributed by atoms with Gasteiger partial charge in [-0.15, -0.1) is 0 Å². The van der Waals surface area contributed by atoms with Gasteiger partial charge in [-0.05, 0) is 0 Å². The lowest BCUT2D eigenvalue weighted by Crippen LogP contribution is -2.38. The van der Waals surface area contributed by atoms with Crippen molar-refractivity contribution in [2.75, 3.05) is 18.0 Å². The minimum Gasteiger partial charge on any atom is -0.344 e. The predicted molar refractivity (Wildman–Crippen MR) is 57.9 cm³/mol. The molecular weight excluding hydrogens is 290 g/mol. The van der Waals surface area contributed by atoms with E-state index in [1.165, 1.54) is 6.07 Å². The number of anilines is 1. The van der Waals surface area contributed by atoms with Gasteiger partial charge in [0.15, 0.2) is 0 Å². The molecule has 1 aliphatic rings. The van der Waals surface area contributed by atoms with Crippen LogP contribution in [0.5, 0.6) is 0 Å². The van der Waals surface area contributed by atoms with Gasteiger partial charge in [-0.25, -0.2) is 0 Å². The number of alkyl halides is 4. The van der Waals surface area contributed by atoms with Gasteiger partial charge in [0.2, 0.25) is 0 Å². The van der Waals surface area contributed by atoms with Crippen LogP contribution in [0.1, 0.15) is 0 Å². The molecule has 5 nitrogen and oxygen atoms in total. The molecule has 19 heavy (non-hydrogen) atoms. The lowest BCUT2D eigenvalue weighted by Gasteiger charge is -2.17. The lowest BCUT2D eigenvalue weighted by atomic mass is 10.2. The summed E-state index contributed by atoms with van der Waals surface area (Å²) in [5, 5.41) is 3.72. The molecule has 0 saturated carbocycles. The molecule has 102 valence electrons. The van der Waals surface area contributed by atoms with Crippen molar-refractivity contribution in [3.63, 3.8) is 0 Å². The largest absolute Gasteiger partial charge is 0.344 e. The van der Waals surface area contributed by atoms with E-state index in [9.17, 15) is 17.6 Å². The molecule has 2 aromatic rings. The fourth-order valence-electron chi connectivity index (χ4n) is 1.92. The summed E-state index contributed by atoms with van der Waals surface area (Å²) in [5.41, 5.74) is 0. The average molecular weight is 296 g/mol. The van der Waals surface area contributed by atoms with Crippen LogP contribution in [0.2, 0.25) is 5.15 Å². The van der Waals surface area contributed by atoms with E-state index in [0.29, 0.717) is 0 Å². The first-order valence-corrected chi connectivity index (χ1v) is 5.55. The van der Waals surface area contributed by atoms with Gasteiger partial charge in [-0.3, -0.25) is 0 Å². The zero-order valence-electron chi connectivity index (χ0n) is 9.19. The topological polar surface area (TPSA) is 46.3 Å². The van der Waals surface area contributed by atoms with Crippen molar-refractivity contribution in [1.82, 2.24) is 19.6 Å². The molecule has 1 aliphatic heterocycles. The van der Waals surface area contributed by atoms with Gasteiger partial charge in [-0.1, -0.05) is 11.6 Å². The molecular formula is C9H6ClF4N5. The fraction of sp³-hybridized carbons (Fsp3) is 0.444. The second-order valence-corrected chi connectivity index (χ2v) is 4.56. The maximum absolute atomic E-state index is 13.2. The second-order valence-electron chi connectivity index (χ2n) is 4.17. The van der Waals surface area contributed by atoms with E-state index in [-0.39, 0.29) is 16.7 Å². The number of aromatic nitrogens is 4. The van der Waals surface area contributed by atoms with Crippen LogP contribution >= 0.6 is 11.6 Å². The van der Waals surface area contributed by atoms with Gasteiger partial charge in [0.25, 0.3) is 5.78 Å². The monoisotopic (exact) mass is 295 g/mol. The van der Waals surface area contributed by atoms with Crippen molar-refractivity contribution in [2.24, 2.45) is 0 Å². The molecule has 0 aliphatic carbocycles. The van der Waals surface area contributed by atoms with E-state index in [1.807, 2.05) is 0 Å². The Morgan fingerprint density at radius 2 is 1.79 bits per heavy atom. The van der Waals surface area contributed by atoms with Crippen LogP contribution in [-0.4, -0.2) is 44.5 Å². The van der Waals surface area contributed by atoms with Crippen molar-refractivity contribution < 1.29 is 17.6 Å². The third kappa shape index (κ3) is 1.79. The molecule has 2 aromatic heterocycles. The SMILES string of the molecule is FC1(F)CN(c2cc(Cl)nc3ncnn23)CC1(F)F. The molecule has 3 rings (SSSR count). The number of hydrogen-bond acceptors (Lipinski definition) is 4. The van der Waals surface area contributed by atoms with Gasteiger partial charge in [-0.2, -0.15) is 37.1 Å². The molecule has 3 heterocycles. The smallest absolute Gasteiger partial charge is 0.329 e. The van der Waals surface area contributed by atoms with Crippen LogP contribution < -0.4 is 4.90 Å².